The second kappa shape index (κ2) is 8.52. The molecule has 0 fully saturated rings. The lowest BCUT2D eigenvalue weighted by atomic mass is 10.1. The molecule has 1 aliphatic heterocycles. The second-order valence-electron chi connectivity index (χ2n) is 6.78. The normalized spacial score (nSPS) is 12.8. The van der Waals surface area contributed by atoms with Gasteiger partial charge in [0.1, 0.15) is 0 Å². The summed E-state index contributed by atoms with van der Waals surface area (Å²) in [5.41, 5.74) is 1.95. The first-order valence-electron chi connectivity index (χ1n) is 8.95. The molecule has 0 aliphatic carbocycles. The highest BCUT2D eigenvalue weighted by Gasteiger charge is 2.36. The Morgan fingerprint density at radius 3 is 2.32 bits per heavy atom. The number of halogens is 4. The molecule has 3 aromatic carbocycles. The van der Waals surface area contributed by atoms with E-state index in [2.05, 4.69) is 5.32 Å². The molecule has 4 rings (SSSR count). The van der Waals surface area contributed by atoms with Crippen LogP contribution in [0.1, 0.15) is 26.3 Å². The van der Waals surface area contributed by atoms with Crippen LogP contribution in [0, 0.1) is 0 Å². The molecule has 1 aliphatic rings. The minimum Gasteiger partial charge on any atom is -0.322 e. The topological polar surface area (TPSA) is 66.5 Å². The third-order valence-corrected chi connectivity index (χ3v) is 6.02. The van der Waals surface area contributed by atoms with Gasteiger partial charge in [-0.05, 0) is 54.1 Å². The van der Waals surface area contributed by atoms with E-state index < -0.39 is 17.6 Å². The molecule has 9 heteroatoms. The van der Waals surface area contributed by atoms with E-state index in [9.17, 15) is 14.4 Å². The number of amides is 2. The fraction of sp³-hybridized carbons (Fsp3) is 0.0455. The SMILES string of the molecule is O=C(Nc1ccc2c(c1)C(=O)C(=O)N2Cc1ccc(Cl)c(Cl)c1)c1ccc(Cl)cc1Cl. The Labute approximate surface area is 197 Å². The van der Waals surface area contributed by atoms with E-state index in [4.69, 9.17) is 46.4 Å². The van der Waals surface area contributed by atoms with Crippen LogP contribution in [0.2, 0.25) is 20.1 Å². The zero-order valence-electron chi connectivity index (χ0n) is 15.6. The molecule has 0 unspecified atom stereocenters. The van der Waals surface area contributed by atoms with Crippen LogP contribution >= 0.6 is 46.4 Å². The summed E-state index contributed by atoms with van der Waals surface area (Å²) in [4.78, 5) is 39.0. The van der Waals surface area contributed by atoms with E-state index in [1.807, 2.05) is 0 Å². The number of rotatable bonds is 4. The van der Waals surface area contributed by atoms with Crippen LogP contribution in [0.15, 0.2) is 54.6 Å². The molecule has 0 spiro atoms. The molecule has 156 valence electrons. The van der Waals surface area contributed by atoms with Crippen molar-refractivity contribution in [3.63, 3.8) is 0 Å². The third kappa shape index (κ3) is 4.27. The van der Waals surface area contributed by atoms with E-state index >= 15 is 0 Å². The van der Waals surface area contributed by atoms with Crippen LogP contribution in [0.5, 0.6) is 0 Å². The van der Waals surface area contributed by atoms with Crippen LogP contribution < -0.4 is 10.2 Å². The molecule has 2 amide bonds. The van der Waals surface area contributed by atoms with Gasteiger partial charge in [-0.2, -0.15) is 0 Å². The summed E-state index contributed by atoms with van der Waals surface area (Å²) in [6, 6.07) is 14.2. The van der Waals surface area contributed by atoms with Crippen LogP contribution in [0.3, 0.4) is 0 Å². The second-order valence-corrected chi connectivity index (χ2v) is 8.44. The van der Waals surface area contributed by atoms with Crippen molar-refractivity contribution in [1.82, 2.24) is 0 Å². The van der Waals surface area contributed by atoms with E-state index in [0.29, 0.717) is 26.4 Å². The van der Waals surface area contributed by atoms with Gasteiger partial charge in [0.25, 0.3) is 17.6 Å². The van der Waals surface area contributed by atoms with Crippen molar-refractivity contribution in [2.24, 2.45) is 0 Å². The van der Waals surface area contributed by atoms with E-state index in [1.54, 1.807) is 36.4 Å². The molecule has 0 aromatic heterocycles. The van der Waals surface area contributed by atoms with Gasteiger partial charge in [-0.3, -0.25) is 14.4 Å². The van der Waals surface area contributed by atoms with Crippen LogP contribution in [0.25, 0.3) is 0 Å². The van der Waals surface area contributed by atoms with Crippen LogP contribution in [-0.4, -0.2) is 17.6 Å². The summed E-state index contributed by atoms with van der Waals surface area (Å²) in [5, 5.41) is 4.04. The minimum atomic E-state index is -0.662. The predicted molar refractivity (Wildman–Crippen MR) is 123 cm³/mol. The Morgan fingerprint density at radius 1 is 0.839 bits per heavy atom. The Morgan fingerprint density at radius 2 is 1.61 bits per heavy atom. The number of fused-ring (bicyclic) bond motifs is 1. The molecule has 5 nitrogen and oxygen atoms in total. The largest absolute Gasteiger partial charge is 0.322 e. The summed E-state index contributed by atoms with van der Waals surface area (Å²) in [5.74, 6) is -1.79. The van der Waals surface area contributed by atoms with Crippen molar-refractivity contribution in [2.45, 2.75) is 6.54 Å². The number of ketones is 1. The molecule has 1 heterocycles. The molecule has 3 aromatic rings. The lowest BCUT2D eigenvalue weighted by Crippen LogP contribution is -2.29. The van der Waals surface area contributed by atoms with Crippen LogP contribution in [-0.2, 0) is 11.3 Å². The van der Waals surface area contributed by atoms with Gasteiger partial charge in [-0.1, -0.05) is 52.5 Å². The Hall–Kier alpha value is -2.57. The van der Waals surface area contributed by atoms with Gasteiger partial charge in [-0.25, -0.2) is 0 Å². The monoisotopic (exact) mass is 492 g/mol. The average molecular weight is 494 g/mol. The lowest BCUT2D eigenvalue weighted by Gasteiger charge is -2.17. The van der Waals surface area contributed by atoms with Crippen molar-refractivity contribution >= 4 is 75.4 Å². The number of Topliss-reactive ketones (excluding diaryl/α,β-unsaturated/α-hetero) is 1. The molecule has 0 bridgehead atoms. The zero-order chi connectivity index (χ0) is 22.3. The third-order valence-electron chi connectivity index (χ3n) is 4.73. The number of nitrogens with zero attached hydrogens (tertiary/aromatic N) is 1. The van der Waals surface area contributed by atoms with E-state index in [1.165, 1.54) is 23.1 Å². The summed E-state index contributed by atoms with van der Waals surface area (Å²) in [7, 11) is 0. The quantitative estimate of drug-likeness (QED) is 0.435. The maximum absolute atomic E-state index is 12.6. The number of carbonyl (C=O) groups is 3. The Kier molecular flexibility index (Phi) is 5.95. The minimum absolute atomic E-state index is 0.153. The number of hydrogen-bond donors (Lipinski definition) is 1. The Bertz CT molecular complexity index is 1260. The van der Waals surface area contributed by atoms with Gasteiger partial charge in [0.2, 0.25) is 0 Å². The van der Waals surface area contributed by atoms with E-state index in [0.717, 1.165) is 5.56 Å². The lowest BCUT2D eigenvalue weighted by molar-refractivity contribution is -0.114. The average Bonchev–Trinajstić information content (AvgIpc) is 2.95. The first-order valence-corrected chi connectivity index (χ1v) is 10.5. The van der Waals surface area contributed by atoms with Crippen molar-refractivity contribution in [3.8, 4) is 0 Å². The predicted octanol–water partition coefficient (Wildman–Crippen LogP) is 6.28. The highest BCUT2D eigenvalue weighted by atomic mass is 35.5. The smallest absolute Gasteiger partial charge is 0.299 e. The number of anilines is 2. The zero-order valence-corrected chi connectivity index (χ0v) is 18.6. The number of benzene rings is 3. The number of carbonyl (C=O) groups excluding carboxylic acids is 3. The maximum Gasteiger partial charge on any atom is 0.299 e. The number of hydrogen-bond acceptors (Lipinski definition) is 3. The van der Waals surface area contributed by atoms with Gasteiger partial charge >= 0.3 is 0 Å². The fourth-order valence-corrected chi connectivity index (χ4v) is 4.04. The van der Waals surface area contributed by atoms with Crippen molar-refractivity contribution in [3.05, 3.63) is 91.4 Å². The Balaban J connectivity index is 1.59. The number of nitrogens with one attached hydrogen (secondary N) is 1. The highest BCUT2D eigenvalue weighted by molar-refractivity contribution is 6.52. The van der Waals surface area contributed by atoms with Gasteiger partial charge in [0.15, 0.2) is 0 Å². The summed E-state index contributed by atoms with van der Waals surface area (Å²) in [6.45, 7) is 0.153. The summed E-state index contributed by atoms with van der Waals surface area (Å²) in [6.07, 6.45) is 0. The molecule has 0 radical (unpaired) electrons. The van der Waals surface area contributed by atoms with Gasteiger partial charge in [0.05, 0.1) is 38.4 Å². The van der Waals surface area contributed by atoms with Crippen molar-refractivity contribution < 1.29 is 14.4 Å². The van der Waals surface area contributed by atoms with E-state index in [-0.39, 0.29) is 22.7 Å². The van der Waals surface area contributed by atoms with Gasteiger partial charge < -0.3 is 10.2 Å². The van der Waals surface area contributed by atoms with Crippen molar-refractivity contribution in [2.75, 3.05) is 10.2 Å². The molecule has 31 heavy (non-hydrogen) atoms. The molecule has 0 saturated heterocycles. The first-order chi connectivity index (χ1) is 14.7. The molecule has 1 N–H and O–H groups in total. The van der Waals surface area contributed by atoms with Gasteiger partial charge in [0, 0.05) is 10.7 Å². The fourth-order valence-electron chi connectivity index (χ4n) is 3.23. The summed E-state index contributed by atoms with van der Waals surface area (Å²) >= 11 is 23.9. The van der Waals surface area contributed by atoms with Crippen molar-refractivity contribution in [1.29, 1.82) is 0 Å². The molecule has 0 atom stereocenters. The standard InChI is InChI=1S/C22H12Cl4N2O3/c23-12-2-4-14(17(25)8-12)21(30)27-13-3-6-19-15(9-13)20(29)22(31)28(19)10-11-1-5-16(24)18(26)7-11/h1-9H,10H2,(H,27,30). The maximum atomic E-state index is 12.6. The highest BCUT2D eigenvalue weighted by Crippen LogP contribution is 2.34. The van der Waals surface area contributed by atoms with Gasteiger partial charge in [-0.15, -0.1) is 0 Å². The molecular weight excluding hydrogens is 482 g/mol. The first kappa shape index (κ1) is 21.7. The van der Waals surface area contributed by atoms with Crippen LogP contribution in [0.4, 0.5) is 11.4 Å². The molecular formula is C22H12Cl4N2O3. The summed E-state index contributed by atoms with van der Waals surface area (Å²) < 4.78 is 0. The molecule has 0 saturated carbocycles.